The van der Waals surface area contributed by atoms with Gasteiger partial charge in [0.15, 0.2) is 0 Å². The molecule has 6 heteroatoms. The second kappa shape index (κ2) is 14.0. The van der Waals surface area contributed by atoms with Crippen LogP contribution in [-0.4, -0.2) is 61.9 Å². The summed E-state index contributed by atoms with van der Waals surface area (Å²) in [7, 11) is 0. The molecule has 4 N–H and O–H groups in total. The summed E-state index contributed by atoms with van der Waals surface area (Å²) in [6.45, 7) is 17.1. The van der Waals surface area contributed by atoms with Crippen molar-refractivity contribution >= 4 is 11.7 Å². The summed E-state index contributed by atoms with van der Waals surface area (Å²) >= 11 is 0. The molecule has 0 bridgehead atoms. The maximum absolute atomic E-state index is 13.9. The zero-order valence-electron chi connectivity index (χ0n) is 26.6. The molecule has 6 nitrogen and oxygen atoms in total. The number of nitrogens with two attached hydrogens (primary N) is 1. The van der Waals surface area contributed by atoms with Gasteiger partial charge in [-0.2, -0.15) is 0 Å². The fraction of sp³-hybridized carbons (Fsp3) is 0.941. The number of carbonyl (C=O) groups excluding carboxylic acids is 2. The number of nitrogens with one attached hydrogen (secondary N) is 2. The molecule has 0 heterocycles. The van der Waals surface area contributed by atoms with Crippen LogP contribution in [0.15, 0.2) is 0 Å². The zero-order chi connectivity index (χ0) is 28.9. The van der Waals surface area contributed by atoms with Crippen molar-refractivity contribution in [1.82, 2.24) is 15.5 Å². The van der Waals surface area contributed by atoms with Crippen LogP contribution >= 0.6 is 0 Å². The molecule has 4 aliphatic carbocycles. The number of fused-ring (bicyclic) bond motifs is 5. The Kier molecular flexibility index (Phi) is 11.2. The van der Waals surface area contributed by atoms with Crippen molar-refractivity contribution < 1.29 is 9.59 Å². The summed E-state index contributed by atoms with van der Waals surface area (Å²) in [5.41, 5.74) is 6.16. The van der Waals surface area contributed by atoms with Crippen LogP contribution in [0.2, 0.25) is 0 Å². The lowest BCUT2D eigenvalue weighted by Crippen LogP contribution is -2.58. The van der Waals surface area contributed by atoms with E-state index >= 15 is 0 Å². The summed E-state index contributed by atoms with van der Waals surface area (Å²) in [5.74, 6) is 4.04. The summed E-state index contributed by atoms with van der Waals surface area (Å²) in [4.78, 5) is 28.6. The molecular formula is C34H62N4O2. The van der Waals surface area contributed by atoms with Gasteiger partial charge in [0.1, 0.15) is 5.78 Å². The Labute approximate surface area is 245 Å². The molecule has 4 rings (SSSR count). The second-order valence-electron chi connectivity index (χ2n) is 14.6. The van der Waals surface area contributed by atoms with Crippen molar-refractivity contribution in [2.24, 2.45) is 52.1 Å². The van der Waals surface area contributed by atoms with E-state index in [1.54, 1.807) is 0 Å². The van der Waals surface area contributed by atoms with Crippen LogP contribution in [0.4, 0.5) is 0 Å². The van der Waals surface area contributed by atoms with Crippen LogP contribution in [-0.2, 0) is 9.59 Å². The van der Waals surface area contributed by atoms with Crippen molar-refractivity contribution in [3.05, 3.63) is 0 Å². The van der Waals surface area contributed by atoms with Crippen LogP contribution in [0.5, 0.6) is 0 Å². The van der Waals surface area contributed by atoms with E-state index in [0.29, 0.717) is 59.2 Å². The van der Waals surface area contributed by atoms with Crippen LogP contribution in [0, 0.1) is 46.3 Å². The van der Waals surface area contributed by atoms with Gasteiger partial charge < -0.3 is 21.3 Å². The molecule has 40 heavy (non-hydrogen) atoms. The van der Waals surface area contributed by atoms with E-state index in [1.807, 2.05) is 4.90 Å². The minimum absolute atomic E-state index is 0.259. The predicted octanol–water partition coefficient (Wildman–Crippen LogP) is 5.40. The number of hydrogen-bond donors (Lipinski definition) is 3. The van der Waals surface area contributed by atoms with Crippen LogP contribution < -0.4 is 16.4 Å². The van der Waals surface area contributed by atoms with Crippen LogP contribution in [0.3, 0.4) is 0 Å². The standard InChI is InChI=1S/C34H62N4O2/c1-6-38(7-2)31(40)13-10-24(3)27-11-12-28-32-29(15-17-34(27,28)5)33(4)16-14-26(22-25(33)23-30(32)39)37-21-9-20-36-19-8-18-35/h24-29,32,36-37H,6-23,35H2,1-5H3/t24-,25?,26+,27-,28?,29?,32?,33+,34-/m1/s1. The Morgan fingerprint density at radius 2 is 1.70 bits per heavy atom. The van der Waals surface area contributed by atoms with Gasteiger partial charge in [0.25, 0.3) is 0 Å². The summed E-state index contributed by atoms with van der Waals surface area (Å²) in [6.07, 6.45) is 13.3. The molecule has 4 fully saturated rings. The summed E-state index contributed by atoms with van der Waals surface area (Å²) in [5, 5.41) is 7.33. The van der Waals surface area contributed by atoms with Gasteiger partial charge in [-0.05, 0) is 145 Å². The third kappa shape index (κ3) is 6.49. The van der Waals surface area contributed by atoms with Crippen molar-refractivity contribution in [3.8, 4) is 0 Å². The van der Waals surface area contributed by atoms with Crippen molar-refractivity contribution in [3.63, 3.8) is 0 Å². The van der Waals surface area contributed by atoms with E-state index in [9.17, 15) is 9.59 Å². The lowest BCUT2D eigenvalue weighted by molar-refractivity contribution is -0.157. The smallest absolute Gasteiger partial charge is 0.222 e. The Balaban J connectivity index is 1.33. The minimum Gasteiger partial charge on any atom is -0.343 e. The Bertz CT molecular complexity index is 846. The molecule has 0 aromatic carbocycles. The monoisotopic (exact) mass is 558 g/mol. The van der Waals surface area contributed by atoms with Gasteiger partial charge in [-0.1, -0.05) is 20.8 Å². The molecule has 0 saturated heterocycles. The average Bonchev–Trinajstić information content (AvgIpc) is 3.29. The van der Waals surface area contributed by atoms with E-state index in [1.165, 1.54) is 44.9 Å². The number of amides is 1. The first-order valence-electron chi connectivity index (χ1n) is 17.1. The minimum atomic E-state index is 0.259. The quantitative estimate of drug-likeness (QED) is 0.249. The first kappa shape index (κ1) is 31.9. The predicted molar refractivity (Wildman–Crippen MR) is 165 cm³/mol. The largest absolute Gasteiger partial charge is 0.343 e. The highest BCUT2D eigenvalue weighted by molar-refractivity contribution is 5.83. The Morgan fingerprint density at radius 1 is 1.00 bits per heavy atom. The number of carbonyl (C=O) groups is 2. The van der Waals surface area contributed by atoms with E-state index in [0.717, 1.165) is 65.0 Å². The maximum atomic E-state index is 13.9. The van der Waals surface area contributed by atoms with Crippen LogP contribution in [0.25, 0.3) is 0 Å². The number of rotatable bonds is 14. The topological polar surface area (TPSA) is 87.5 Å². The first-order chi connectivity index (χ1) is 19.2. The van der Waals surface area contributed by atoms with Gasteiger partial charge in [0.2, 0.25) is 5.91 Å². The molecular weight excluding hydrogens is 496 g/mol. The number of ketones is 1. The molecule has 0 aromatic rings. The van der Waals surface area contributed by atoms with Gasteiger partial charge in [-0.15, -0.1) is 0 Å². The fourth-order valence-corrected chi connectivity index (χ4v) is 10.3. The number of hydrogen-bond acceptors (Lipinski definition) is 5. The first-order valence-corrected chi connectivity index (χ1v) is 17.1. The van der Waals surface area contributed by atoms with E-state index in [-0.39, 0.29) is 11.3 Å². The van der Waals surface area contributed by atoms with Gasteiger partial charge in [0.05, 0.1) is 0 Å². The molecule has 0 aromatic heterocycles. The maximum Gasteiger partial charge on any atom is 0.222 e. The summed E-state index contributed by atoms with van der Waals surface area (Å²) in [6, 6.07) is 0.566. The van der Waals surface area contributed by atoms with Crippen molar-refractivity contribution in [1.29, 1.82) is 0 Å². The highest BCUT2D eigenvalue weighted by Crippen LogP contribution is 2.67. The molecule has 1 amide bonds. The normalized spacial score (nSPS) is 37.9. The average molecular weight is 559 g/mol. The number of Topliss-reactive ketones (excluding diaryl/α,β-unsaturated/α-hetero) is 1. The fourth-order valence-electron chi connectivity index (χ4n) is 10.3. The molecule has 4 saturated carbocycles. The van der Waals surface area contributed by atoms with Gasteiger partial charge >= 0.3 is 0 Å². The number of nitrogens with zero attached hydrogens (tertiary/aromatic N) is 1. The highest BCUT2D eigenvalue weighted by atomic mass is 16.2. The summed E-state index contributed by atoms with van der Waals surface area (Å²) < 4.78 is 0. The molecule has 0 aliphatic heterocycles. The van der Waals surface area contributed by atoms with Crippen LogP contribution in [0.1, 0.15) is 112 Å². The third-order valence-corrected chi connectivity index (χ3v) is 12.7. The lowest BCUT2D eigenvalue weighted by atomic mass is 9.44. The highest BCUT2D eigenvalue weighted by Gasteiger charge is 2.63. The van der Waals surface area contributed by atoms with Crippen molar-refractivity contribution in [2.75, 3.05) is 39.3 Å². The molecule has 0 spiro atoms. The van der Waals surface area contributed by atoms with E-state index < -0.39 is 0 Å². The molecule has 4 unspecified atom stereocenters. The molecule has 230 valence electrons. The van der Waals surface area contributed by atoms with Gasteiger partial charge in [0, 0.05) is 37.9 Å². The molecule has 4 aliphatic rings. The third-order valence-electron chi connectivity index (χ3n) is 12.7. The molecule has 0 radical (unpaired) electrons. The zero-order valence-corrected chi connectivity index (χ0v) is 26.6. The SMILES string of the molecule is CCN(CC)C(=O)CC[C@@H](C)[C@H]1CCC2C3C(=O)CC4C[C@@H](NCCCNCCCN)CC[C@]4(C)C3CC[C@@]21C. The van der Waals surface area contributed by atoms with Gasteiger partial charge in [-0.3, -0.25) is 9.59 Å². The lowest BCUT2D eigenvalue weighted by Gasteiger charge is -2.60. The Morgan fingerprint density at radius 3 is 2.42 bits per heavy atom. The Hall–Kier alpha value is -0.980. The van der Waals surface area contributed by atoms with E-state index in [4.69, 9.17) is 5.73 Å². The molecule has 9 atom stereocenters. The van der Waals surface area contributed by atoms with Crippen molar-refractivity contribution in [2.45, 2.75) is 118 Å². The second-order valence-corrected chi connectivity index (χ2v) is 14.6. The van der Waals surface area contributed by atoms with Gasteiger partial charge in [-0.25, -0.2) is 0 Å². The van der Waals surface area contributed by atoms with E-state index in [2.05, 4.69) is 45.3 Å².